The lowest BCUT2D eigenvalue weighted by atomic mass is 10.3. The Balaban J connectivity index is 2.16. The molecular formula is C10H8ClN3. The van der Waals surface area contributed by atoms with Crippen LogP contribution in [0.5, 0.6) is 0 Å². The van der Waals surface area contributed by atoms with Crippen LogP contribution in [0.2, 0.25) is 5.02 Å². The maximum atomic E-state index is 5.76. The van der Waals surface area contributed by atoms with Gasteiger partial charge in [-0.15, -0.1) is 0 Å². The number of hydrogen-bond acceptors (Lipinski definition) is 3. The van der Waals surface area contributed by atoms with Crippen molar-refractivity contribution < 1.29 is 0 Å². The molecule has 0 aliphatic carbocycles. The smallest absolute Gasteiger partial charge is 0.115 e. The van der Waals surface area contributed by atoms with Crippen LogP contribution in [-0.4, -0.2) is 9.97 Å². The van der Waals surface area contributed by atoms with Crippen molar-refractivity contribution in [2.45, 2.75) is 0 Å². The Morgan fingerprint density at radius 3 is 2.21 bits per heavy atom. The maximum absolute atomic E-state index is 5.76. The molecule has 14 heavy (non-hydrogen) atoms. The highest BCUT2D eigenvalue weighted by Gasteiger charge is 1.93. The molecule has 0 saturated heterocycles. The van der Waals surface area contributed by atoms with Crippen LogP contribution in [0.15, 0.2) is 43.0 Å². The minimum Gasteiger partial charge on any atom is -0.353 e. The Labute approximate surface area is 86.8 Å². The Morgan fingerprint density at radius 1 is 0.929 bits per heavy atom. The second-order valence-electron chi connectivity index (χ2n) is 2.76. The van der Waals surface area contributed by atoms with Gasteiger partial charge in [0.2, 0.25) is 0 Å². The summed E-state index contributed by atoms with van der Waals surface area (Å²) in [4.78, 5) is 7.80. The van der Waals surface area contributed by atoms with Crippen LogP contribution in [-0.2, 0) is 0 Å². The van der Waals surface area contributed by atoms with Crippen molar-refractivity contribution >= 4 is 23.0 Å². The van der Waals surface area contributed by atoms with Gasteiger partial charge in [-0.25, -0.2) is 9.97 Å². The number of aromatic nitrogens is 2. The standard InChI is InChI=1S/C10H8ClN3/c11-8-1-3-9(4-2-8)14-10-5-12-7-13-6-10/h1-7,14H. The maximum Gasteiger partial charge on any atom is 0.115 e. The fourth-order valence-corrected chi connectivity index (χ4v) is 1.19. The summed E-state index contributed by atoms with van der Waals surface area (Å²) in [7, 11) is 0. The van der Waals surface area contributed by atoms with Gasteiger partial charge < -0.3 is 5.32 Å². The van der Waals surface area contributed by atoms with E-state index in [1.165, 1.54) is 6.33 Å². The van der Waals surface area contributed by atoms with Crippen molar-refractivity contribution in [2.75, 3.05) is 5.32 Å². The van der Waals surface area contributed by atoms with Crippen molar-refractivity contribution in [3.8, 4) is 0 Å². The van der Waals surface area contributed by atoms with E-state index in [1.807, 2.05) is 24.3 Å². The average Bonchev–Trinajstić information content (AvgIpc) is 2.23. The number of hydrogen-bond donors (Lipinski definition) is 1. The average molecular weight is 206 g/mol. The van der Waals surface area contributed by atoms with Crippen molar-refractivity contribution in [1.29, 1.82) is 0 Å². The van der Waals surface area contributed by atoms with Gasteiger partial charge in [-0.3, -0.25) is 0 Å². The lowest BCUT2D eigenvalue weighted by molar-refractivity contribution is 1.17. The van der Waals surface area contributed by atoms with E-state index in [1.54, 1.807) is 12.4 Å². The third kappa shape index (κ3) is 2.20. The summed E-state index contributed by atoms with van der Waals surface area (Å²) >= 11 is 5.76. The van der Waals surface area contributed by atoms with E-state index >= 15 is 0 Å². The Kier molecular flexibility index (Phi) is 2.60. The summed E-state index contributed by atoms with van der Waals surface area (Å²) in [6.45, 7) is 0. The molecule has 1 N–H and O–H groups in total. The van der Waals surface area contributed by atoms with Crippen LogP contribution in [0.1, 0.15) is 0 Å². The van der Waals surface area contributed by atoms with Crippen molar-refractivity contribution in [3.05, 3.63) is 48.0 Å². The second kappa shape index (κ2) is 4.07. The SMILES string of the molecule is Clc1ccc(Nc2cncnc2)cc1. The highest BCUT2D eigenvalue weighted by molar-refractivity contribution is 6.30. The minimum atomic E-state index is 0.722. The van der Waals surface area contributed by atoms with E-state index in [-0.39, 0.29) is 0 Å². The van der Waals surface area contributed by atoms with Gasteiger partial charge >= 0.3 is 0 Å². The van der Waals surface area contributed by atoms with Crippen molar-refractivity contribution in [3.63, 3.8) is 0 Å². The Hall–Kier alpha value is -1.61. The molecule has 2 aromatic rings. The molecular weight excluding hydrogens is 198 g/mol. The molecule has 0 aliphatic heterocycles. The first-order chi connectivity index (χ1) is 6.84. The summed E-state index contributed by atoms with van der Waals surface area (Å²) in [5.74, 6) is 0. The predicted molar refractivity (Wildman–Crippen MR) is 56.8 cm³/mol. The third-order valence-electron chi connectivity index (χ3n) is 1.69. The van der Waals surface area contributed by atoms with E-state index in [0.29, 0.717) is 0 Å². The first-order valence-electron chi connectivity index (χ1n) is 4.12. The summed E-state index contributed by atoms with van der Waals surface area (Å²) in [5.41, 5.74) is 1.82. The van der Waals surface area contributed by atoms with Crippen LogP contribution in [0.3, 0.4) is 0 Å². The summed E-state index contributed by atoms with van der Waals surface area (Å²) in [6, 6.07) is 7.45. The van der Waals surface area contributed by atoms with E-state index < -0.39 is 0 Å². The van der Waals surface area contributed by atoms with Gasteiger partial charge in [-0.05, 0) is 24.3 Å². The normalized spacial score (nSPS) is 9.79. The molecule has 3 nitrogen and oxygen atoms in total. The summed E-state index contributed by atoms with van der Waals surface area (Å²) < 4.78 is 0. The van der Waals surface area contributed by atoms with E-state index in [2.05, 4.69) is 15.3 Å². The van der Waals surface area contributed by atoms with Gasteiger partial charge in [0, 0.05) is 10.7 Å². The minimum absolute atomic E-state index is 0.722. The Bertz CT molecular complexity index is 399. The molecule has 0 radical (unpaired) electrons. The molecule has 0 spiro atoms. The van der Waals surface area contributed by atoms with Gasteiger partial charge in [0.25, 0.3) is 0 Å². The zero-order valence-corrected chi connectivity index (χ0v) is 8.07. The number of rotatable bonds is 2. The van der Waals surface area contributed by atoms with E-state index in [9.17, 15) is 0 Å². The highest BCUT2D eigenvalue weighted by Crippen LogP contribution is 2.17. The van der Waals surface area contributed by atoms with E-state index in [0.717, 1.165) is 16.4 Å². The first kappa shape index (κ1) is 8.97. The molecule has 0 atom stereocenters. The molecule has 0 bridgehead atoms. The monoisotopic (exact) mass is 205 g/mol. The molecule has 0 saturated carbocycles. The third-order valence-corrected chi connectivity index (χ3v) is 1.95. The zero-order valence-electron chi connectivity index (χ0n) is 7.31. The topological polar surface area (TPSA) is 37.8 Å². The zero-order chi connectivity index (χ0) is 9.80. The molecule has 0 fully saturated rings. The Morgan fingerprint density at radius 2 is 1.57 bits per heavy atom. The lowest BCUT2D eigenvalue weighted by Gasteiger charge is -2.04. The van der Waals surface area contributed by atoms with Crippen LogP contribution >= 0.6 is 11.6 Å². The molecule has 1 heterocycles. The van der Waals surface area contributed by atoms with Gasteiger partial charge in [0.15, 0.2) is 0 Å². The van der Waals surface area contributed by atoms with Gasteiger partial charge in [-0.2, -0.15) is 0 Å². The molecule has 70 valence electrons. The van der Waals surface area contributed by atoms with Crippen LogP contribution in [0.25, 0.3) is 0 Å². The molecule has 4 heteroatoms. The van der Waals surface area contributed by atoms with Gasteiger partial charge in [0.1, 0.15) is 6.33 Å². The molecule has 0 aliphatic rings. The van der Waals surface area contributed by atoms with Crippen LogP contribution < -0.4 is 5.32 Å². The van der Waals surface area contributed by atoms with Crippen LogP contribution in [0, 0.1) is 0 Å². The fraction of sp³-hybridized carbons (Fsp3) is 0. The number of benzene rings is 1. The number of anilines is 2. The largest absolute Gasteiger partial charge is 0.353 e. The predicted octanol–water partition coefficient (Wildman–Crippen LogP) is 2.87. The van der Waals surface area contributed by atoms with Gasteiger partial charge in [0.05, 0.1) is 18.1 Å². The number of nitrogens with one attached hydrogen (secondary N) is 1. The quantitative estimate of drug-likeness (QED) is 0.819. The highest BCUT2D eigenvalue weighted by atomic mass is 35.5. The molecule has 1 aromatic heterocycles. The number of halogens is 1. The molecule has 0 unspecified atom stereocenters. The second-order valence-corrected chi connectivity index (χ2v) is 3.20. The first-order valence-corrected chi connectivity index (χ1v) is 4.50. The van der Waals surface area contributed by atoms with Gasteiger partial charge in [-0.1, -0.05) is 11.6 Å². The fourth-order valence-electron chi connectivity index (χ4n) is 1.06. The van der Waals surface area contributed by atoms with Crippen LogP contribution in [0.4, 0.5) is 11.4 Å². The summed E-state index contributed by atoms with van der Waals surface area (Å²) in [6.07, 6.45) is 4.91. The van der Waals surface area contributed by atoms with Crippen molar-refractivity contribution in [1.82, 2.24) is 9.97 Å². The van der Waals surface area contributed by atoms with Crippen molar-refractivity contribution in [2.24, 2.45) is 0 Å². The summed E-state index contributed by atoms with van der Waals surface area (Å²) in [5, 5.41) is 3.87. The van der Waals surface area contributed by atoms with E-state index in [4.69, 9.17) is 11.6 Å². The lowest BCUT2D eigenvalue weighted by Crippen LogP contribution is -1.90. The molecule has 0 amide bonds. The number of nitrogens with zero attached hydrogens (tertiary/aromatic N) is 2. The molecule has 1 aromatic carbocycles. The molecule has 2 rings (SSSR count).